The SMILES string of the molecule is CCOC(=O)Oc1c[nH]c2cc([N+](=O)[O-])c(F)cc2c1=O. The molecule has 110 valence electrons. The highest BCUT2D eigenvalue weighted by Gasteiger charge is 2.18. The third-order valence-electron chi connectivity index (χ3n) is 2.57. The maximum Gasteiger partial charge on any atom is 0.514 e. The molecule has 1 aromatic heterocycles. The molecule has 0 aliphatic heterocycles. The van der Waals surface area contributed by atoms with Gasteiger partial charge in [0.05, 0.1) is 22.4 Å². The second-order valence-corrected chi connectivity index (χ2v) is 3.87. The summed E-state index contributed by atoms with van der Waals surface area (Å²) >= 11 is 0. The molecule has 0 unspecified atom stereocenters. The minimum atomic E-state index is -1.16. The number of aromatic nitrogens is 1. The summed E-state index contributed by atoms with van der Waals surface area (Å²) in [6.45, 7) is 1.62. The molecule has 0 aliphatic rings. The van der Waals surface area contributed by atoms with Crippen LogP contribution in [-0.4, -0.2) is 22.7 Å². The molecule has 0 aliphatic carbocycles. The molecule has 8 nitrogen and oxygen atoms in total. The highest BCUT2D eigenvalue weighted by molar-refractivity contribution is 5.82. The number of hydrogen-bond acceptors (Lipinski definition) is 6. The number of hydrogen-bond donors (Lipinski definition) is 1. The molecule has 0 fully saturated rings. The van der Waals surface area contributed by atoms with Crippen molar-refractivity contribution in [3.05, 3.63) is 44.5 Å². The van der Waals surface area contributed by atoms with Gasteiger partial charge in [0.1, 0.15) is 0 Å². The van der Waals surface area contributed by atoms with E-state index in [1.165, 1.54) is 0 Å². The number of H-pyrrole nitrogens is 1. The van der Waals surface area contributed by atoms with Crippen molar-refractivity contribution in [3.63, 3.8) is 0 Å². The van der Waals surface area contributed by atoms with Gasteiger partial charge in [0.2, 0.25) is 11.2 Å². The Morgan fingerprint density at radius 2 is 2.19 bits per heavy atom. The number of rotatable bonds is 3. The molecule has 2 rings (SSSR count). The molecule has 0 radical (unpaired) electrons. The van der Waals surface area contributed by atoms with Crippen molar-refractivity contribution in [1.29, 1.82) is 0 Å². The van der Waals surface area contributed by atoms with Crippen molar-refractivity contribution >= 4 is 22.7 Å². The van der Waals surface area contributed by atoms with Gasteiger partial charge in [-0.15, -0.1) is 0 Å². The number of nitro benzene ring substituents is 1. The molecule has 0 amide bonds. The molecule has 2 aromatic rings. The van der Waals surface area contributed by atoms with Gasteiger partial charge in [-0.05, 0) is 13.0 Å². The van der Waals surface area contributed by atoms with Crippen molar-refractivity contribution in [2.24, 2.45) is 0 Å². The number of halogens is 1. The Labute approximate surface area is 116 Å². The Kier molecular flexibility index (Phi) is 3.83. The fourth-order valence-corrected chi connectivity index (χ4v) is 1.66. The molecule has 0 saturated heterocycles. The summed E-state index contributed by atoms with van der Waals surface area (Å²) in [6.07, 6.45) is -0.0341. The number of aromatic amines is 1. The molecule has 0 atom stereocenters. The molecule has 1 aromatic carbocycles. The van der Waals surface area contributed by atoms with Crippen LogP contribution in [0.2, 0.25) is 0 Å². The maximum absolute atomic E-state index is 13.5. The highest BCUT2D eigenvalue weighted by atomic mass is 19.1. The van der Waals surface area contributed by atoms with Crippen molar-refractivity contribution < 1.29 is 23.6 Å². The van der Waals surface area contributed by atoms with Crippen LogP contribution in [0.3, 0.4) is 0 Å². The lowest BCUT2D eigenvalue weighted by Crippen LogP contribution is -2.16. The van der Waals surface area contributed by atoms with E-state index in [9.17, 15) is 24.1 Å². The van der Waals surface area contributed by atoms with Gasteiger partial charge in [0.25, 0.3) is 0 Å². The first-order chi connectivity index (χ1) is 9.93. The zero-order chi connectivity index (χ0) is 15.6. The van der Waals surface area contributed by atoms with Crippen molar-refractivity contribution in [3.8, 4) is 5.75 Å². The normalized spacial score (nSPS) is 10.4. The topological polar surface area (TPSA) is 112 Å². The van der Waals surface area contributed by atoms with Gasteiger partial charge in [-0.1, -0.05) is 0 Å². The van der Waals surface area contributed by atoms with E-state index in [1.807, 2.05) is 0 Å². The molecule has 21 heavy (non-hydrogen) atoms. The summed E-state index contributed by atoms with van der Waals surface area (Å²) in [7, 11) is 0. The standard InChI is InChI=1S/C12H9FN2O6/c1-2-20-12(17)21-10-5-14-8-4-9(15(18)19)7(13)3-6(8)11(10)16/h3-5H,2H2,1H3,(H,14,16). The van der Waals surface area contributed by atoms with Crippen LogP contribution >= 0.6 is 0 Å². The predicted octanol–water partition coefficient (Wildman–Crippen LogP) is 2.11. The molecular formula is C12H9FN2O6. The number of ether oxygens (including phenoxy) is 2. The van der Waals surface area contributed by atoms with E-state index in [1.54, 1.807) is 6.92 Å². The van der Waals surface area contributed by atoms with Crippen LogP contribution in [0.15, 0.2) is 23.1 Å². The molecule has 0 saturated carbocycles. The zero-order valence-corrected chi connectivity index (χ0v) is 10.7. The molecule has 0 spiro atoms. The van der Waals surface area contributed by atoms with Crippen molar-refractivity contribution in [2.45, 2.75) is 6.92 Å². The van der Waals surface area contributed by atoms with Crippen LogP contribution in [0.4, 0.5) is 14.9 Å². The Hall–Kier alpha value is -2.97. The van der Waals surface area contributed by atoms with Gasteiger partial charge in [-0.3, -0.25) is 14.9 Å². The van der Waals surface area contributed by atoms with Crippen LogP contribution in [0.5, 0.6) is 5.75 Å². The first-order valence-electron chi connectivity index (χ1n) is 5.78. The lowest BCUT2D eigenvalue weighted by atomic mass is 10.2. The average Bonchev–Trinajstić information content (AvgIpc) is 2.42. The van der Waals surface area contributed by atoms with E-state index in [0.717, 1.165) is 12.3 Å². The van der Waals surface area contributed by atoms with Gasteiger partial charge in [-0.2, -0.15) is 4.39 Å². The van der Waals surface area contributed by atoms with Crippen molar-refractivity contribution in [1.82, 2.24) is 4.98 Å². The molecule has 1 N–H and O–H groups in total. The number of pyridine rings is 1. The molecule has 1 heterocycles. The Morgan fingerprint density at radius 3 is 2.81 bits per heavy atom. The first kappa shape index (κ1) is 14.4. The number of carbonyl (C=O) groups is 1. The average molecular weight is 296 g/mol. The van der Waals surface area contributed by atoms with E-state index in [0.29, 0.717) is 6.07 Å². The Bertz CT molecular complexity index is 785. The van der Waals surface area contributed by atoms with E-state index < -0.39 is 33.8 Å². The second-order valence-electron chi connectivity index (χ2n) is 3.87. The summed E-state index contributed by atoms with van der Waals surface area (Å²) in [4.78, 5) is 35.4. The first-order valence-corrected chi connectivity index (χ1v) is 5.78. The smallest absolute Gasteiger partial charge is 0.434 e. The number of nitrogens with zero attached hydrogens (tertiary/aromatic N) is 1. The van der Waals surface area contributed by atoms with Crippen LogP contribution < -0.4 is 10.2 Å². The lowest BCUT2D eigenvalue weighted by Gasteiger charge is -2.05. The monoisotopic (exact) mass is 296 g/mol. The summed E-state index contributed by atoms with van der Waals surface area (Å²) in [6, 6.07) is 1.60. The molecule has 9 heteroatoms. The van der Waals surface area contributed by atoms with Crippen LogP contribution in [0.1, 0.15) is 6.92 Å². The van der Waals surface area contributed by atoms with Gasteiger partial charge in [-0.25, -0.2) is 4.79 Å². The van der Waals surface area contributed by atoms with Gasteiger partial charge >= 0.3 is 11.8 Å². The highest BCUT2D eigenvalue weighted by Crippen LogP contribution is 2.22. The fourth-order valence-electron chi connectivity index (χ4n) is 1.66. The third-order valence-corrected chi connectivity index (χ3v) is 2.57. The van der Waals surface area contributed by atoms with Crippen LogP contribution in [0, 0.1) is 15.9 Å². The van der Waals surface area contributed by atoms with Crippen molar-refractivity contribution in [2.75, 3.05) is 6.61 Å². The predicted molar refractivity (Wildman–Crippen MR) is 68.8 cm³/mol. The number of nitrogens with one attached hydrogen (secondary N) is 1. The van der Waals surface area contributed by atoms with E-state index >= 15 is 0 Å². The minimum Gasteiger partial charge on any atom is -0.434 e. The molecular weight excluding hydrogens is 287 g/mol. The Morgan fingerprint density at radius 1 is 1.48 bits per heavy atom. The second kappa shape index (κ2) is 5.57. The fraction of sp³-hybridized carbons (Fsp3) is 0.167. The van der Waals surface area contributed by atoms with E-state index in [4.69, 9.17) is 0 Å². The van der Waals surface area contributed by atoms with Gasteiger partial charge in [0, 0.05) is 12.3 Å². The number of nitro groups is 1. The maximum atomic E-state index is 13.5. The number of benzene rings is 1. The summed E-state index contributed by atoms with van der Waals surface area (Å²) < 4.78 is 22.7. The summed E-state index contributed by atoms with van der Waals surface area (Å²) in [5.41, 5.74) is -1.51. The largest absolute Gasteiger partial charge is 0.514 e. The quantitative estimate of drug-likeness (QED) is 0.527. The minimum absolute atomic E-state index is 0.0457. The summed E-state index contributed by atoms with van der Waals surface area (Å²) in [5.74, 6) is -1.56. The van der Waals surface area contributed by atoms with E-state index in [2.05, 4.69) is 14.5 Å². The number of carbonyl (C=O) groups excluding carboxylic acids is 1. The lowest BCUT2D eigenvalue weighted by molar-refractivity contribution is -0.387. The summed E-state index contributed by atoms with van der Waals surface area (Å²) in [5, 5.41) is 10.4. The van der Waals surface area contributed by atoms with Crippen LogP contribution in [0.25, 0.3) is 10.9 Å². The van der Waals surface area contributed by atoms with Gasteiger partial charge < -0.3 is 14.5 Å². The Balaban J connectivity index is 2.52. The zero-order valence-electron chi connectivity index (χ0n) is 10.7. The van der Waals surface area contributed by atoms with Crippen LogP contribution in [-0.2, 0) is 4.74 Å². The number of fused-ring (bicyclic) bond motifs is 1. The third kappa shape index (κ3) is 2.81. The molecule has 0 bridgehead atoms. The van der Waals surface area contributed by atoms with E-state index in [-0.39, 0.29) is 17.5 Å². The van der Waals surface area contributed by atoms with Gasteiger partial charge in [0.15, 0.2) is 5.75 Å².